The lowest BCUT2D eigenvalue weighted by atomic mass is 10.3. The molecular weight excluding hydrogens is 240 g/mol. The molecule has 1 aromatic heterocycles. The quantitative estimate of drug-likeness (QED) is 0.789. The first kappa shape index (κ1) is 13.6. The molecule has 6 heteroatoms. The maximum Gasteiger partial charge on any atom is 0.134 e. The van der Waals surface area contributed by atoms with Crippen LogP contribution in [0.2, 0.25) is 0 Å². The SMILES string of the molecule is CN1CCN(c2cc(N(C)CCC#N)ncn2)CC1. The molecule has 1 aromatic rings. The predicted molar refractivity (Wildman–Crippen MR) is 75.2 cm³/mol. The maximum atomic E-state index is 8.62. The van der Waals surface area contributed by atoms with Crippen LogP contribution in [0.3, 0.4) is 0 Å². The predicted octanol–water partition coefficient (Wildman–Crippen LogP) is 0.578. The third-order valence-electron chi connectivity index (χ3n) is 3.42. The van der Waals surface area contributed by atoms with Gasteiger partial charge in [-0.05, 0) is 7.05 Å². The molecule has 1 aliphatic heterocycles. The van der Waals surface area contributed by atoms with Crippen molar-refractivity contribution in [2.75, 3.05) is 56.6 Å². The van der Waals surface area contributed by atoms with Gasteiger partial charge < -0.3 is 14.7 Å². The standard InChI is InChI=1S/C13H20N6/c1-17-6-8-19(9-7-17)13-10-12(15-11-16-13)18(2)5-3-4-14/h10-11H,3,5-9H2,1-2H3. The molecule has 0 aromatic carbocycles. The molecule has 1 fully saturated rings. The summed E-state index contributed by atoms with van der Waals surface area (Å²) >= 11 is 0. The van der Waals surface area contributed by atoms with E-state index in [2.05, 4.69) is 32.9 Å². The summed E-state index contributed by atoms with van der Waals surface area (Å²) in [6.07, 6.45) is 2.11. The number of aromatic nitrogens is 2. The van der Waals surface area contributed by atoms with Crippen molar-refractivity contribution in [2.24, 2.45) is 0 Å². The van der Waals surface area contributed by atoms with Crippen LogP contribution in [0.25, 0.3) is 0 Å². The highest BCUT2D eigenvalue weighted by molar-refractivity contribution is 5.50. The first-order valence-electron chi connectivity index (χ1n) is 6.54. The number of hydrogen-bond acceptors (Lipinski definition) is 6. The second kappa shape index (κ2) is 6.34. The van der Waals surface area contributed by atoms with Crippen molar-refractivity contribution in [1.82, 2.24) is 14.9 Å². The number of hydrogen-bond donors (Lipinski definition) is 0. The van der Waals surface area contributed by atoms with Gasteiger partial charge in [-0.3, -0.25) is 0 Å². The molecule has 0 aliphatic carbocycles. The normalized spacial score (nSPS) is 16.2. The zero-order valence-corrected chi connectivity index (χ0v) is 11.6. The molecule has 2 rings (SSSR count). The van der Waals surface area contributed by atoms with Crippen molar-refractivity contribution in [2.45, 2.75) is 6.42 Å². The highest BCUT2D eigenvalue weighted by atomic mass is 15.3. The number of piperazine rings is 1. The van der Waals surface area contributed by atoms with Crippen LogP contribution in [0.15, 0.2) is 12.4 Å². The van der Waals surface area contributed by atoms with Gasteiger partial charge in [0.25, 0.3) is 0 Å². The summed E-state index contributed by atoms with van der Waals surface area (Å²) in [5.74, 6) is 1.85. The minimum Gasteiger partial charge on any atom is -0.358 e. The molecule has 0 radical (unpaired) electrons. The third kappa shape index (κ3) is 3.55. The van der Waals surface area contributed by atoms with E-state index in [1.54, 1.807) is 6.33 Å². The number of rotatable bonds is 4. The number of anilines is 2. The van der Waals surface area contributed by atoms with Crippen LogP contribution >= 0.6 is 0 Å². The molecule has 6 nitrogen and oxygen atoms in total. The van der Waals surface area contributed by atoms with E-state index in [0.29, 0.717) is 13.0 Å². The third-order valence-corrected chi connectivity index (χ3v) is 3.42. The minimum atomic E-state index is 0.504. The molecule has 19 heavy (non-hydrogen) atoms. The second-order valence-electron chi connectivity index (χ2n) is 4.85. The van der Waals surface area contributed by atoms with Gasteiger partial charge in [0.2, 0.25) is 0 Å². The Morgan fingerprint density at radius 1 is 1.32 bits per heavy atom. The Kier molecular flexibility index (Phi) is 4.53. The highest BCUT2D eigenvalue weighted by Gasteiger charge is 2.16. The summed E-state index contributed by atoms with van der Waals surface area (Å²) in [6.45, 7) is 4.80. The molecule has 1 aliphatic rings. The van der Waals surface area contributed by atoms with Gasteiger partial charge >= 0.3 is 0 Å². The van der Waals surface area contributed by atoms with Crippen LogP contribution in [-0.2, 0) is 0 Å². The zero-order valence-electron chi connectivity index (χ0n) is 11.6. The molecule has 1 saturated heterocycles. The van der Waals surface area contributed by atoms with E-state index in [4.69, 9.17) is 5.26 Å². The van der Waals surface area contributed by atoms with E-state index in [0.717, 1.165) is 37.8 Å². The van der Waals surface area contributed by atoms with Crippen LogP contribution in [0, 0.1) is 11.3 Å². The second-order valence-corrected chi connectivity index (χ2v) is 4.85. The summed E-state index contributed by atoms with van der Waals surface area (Å²) in [5.41, 5.74) is 0. The Hall–Kier alpha value is -1.87. The van der Waals surface area contributed by atoms with Gasteiger partial charge in [0, 0.05) is 45.8 Å². The average Bonchev–Trinajstić information content (AvgIpc) is 2.45. The van der Waals surface area contributed by atoms with Gasteiger partial charge in [-0.1, -0.05) is 0 Å². The minimum absolute atomic E-state index is 0.504. The molecule has 0 atom stereocenters. The first-order valence-corrected chi connectivity index (χ1v) is 6.54. The molecular formula is C13H20N6. The van der Waals surface area contributed by atoms with E-state index >= 15 is 0 Å². The molecule has 0 bridgehead atoms. The lowest BCUT2D eigenvalue weighted by molar-refractivity contribution is 0.312. The Bertz CT molecular complexity index is 447. The molecule has 2 heterocycles. The van der Waals surface area contributed by atoms with Crippen molar-refractivity contribution in [3.8, 4) is 6.07 Å². The van der Waals surface area contributed by atoms with Crippen LogP contribution in [0.4, 0.5) is 11.6 Å². The lowest BCUT2D eigenvalue weighted by Crippen LogP contribution is -2.44. The Morgan fingerprint density at radius 2 is 2.05 bits per heavy atom. The van der Waals surface area contributed by atoms with Gasteiger partial charge in [-0.25, -0.2) is 9.97 Å². The van der Waals surface area contributed by atoms with Crippen LogP contribution < -0.4 is 9.80 Å². The topological polar surface area (TPSA) is 59.3 Å². The van der Waals surface area contributed by atoms with Gasteiger partial charge in [0.05, 0.1) is 12.5 Å². The van der Waals surface area contributed by atoms with E-state index in [9.17, 15) is 0 Å². The number of likely N-dealkylation sites (N-methyl/N-ethyl adjacent to an activating group) is 1. The Balaban J connectivity index is 2.04. The summed E-state index contributed by atoms with van der Waals surface area (Å²) in [7, 11) is 4.09. The molecule has 0 amide bonds. The fourth-order valence-corrected chi connectivity index (χ4v) is 2.09. The largest absolute Gasteiger partial charge is 0.358 e. The van der Waals surface area contributed by atoms with Crippen molar-refractivity contribution >= 4 is 11.6 Å². The fraction of sp³-hybridized carbons (Fsp3) is 0.615. The maximum absolute atomic E-state index is 8.62. The van der Waals surface area contributed by atoms with Gasteiger partial charge in [0.15, 0.2) is 0 Å². The molecule has 0 unspecified atom stereocenters. The van der Waals surface area contributed by atoms with Gasteiger partial charge in [0.1, 0.15) is 18.0 Å². The summed E-state index contributed by atoms with van der Waals surface area (Å²) in [6, 6.07) is 4.15. The van der Waals surface area contributed by atoms with E-state index in [1.807, 2.05) is 18.0 Å². The van der Waals surface area contributed by atoms with Crippen LogP contribution in [0.5, 0.6) is 0 Å². The molecule has 102 valence electrons. The molecule has 0 saturated carbocycles. The monoisotopic (exact) mass is 260 g/mol. The summed E-state index contributed by atoms with van der Waals surface area (Å²) in [4.78, 5) is 15.2. The summed E-state index contributed by atoms with van der Waals surface area (Å²) in [5, 5.41) is 8.62. The van der Waals surface area contributed by atoms with Crippen molar-refractivity contribution in [1.29, 1.82) is 5.26 Å². The van der Waals surface area contributed by atoms with Crippen molar-refractivity contribution < 1.29 is 0 Å². The van der Waals surface area contributed by atoms with Crippen LogP contribution in [-0.4, -0.2) is 61.7 Å². The number of nitriles is 1. The van der Waals surface area contributed by atoms with E-state index in [-0.39, 0.29) is 0 Å². The van der Waals surface area contributed by atoms with E-state index < -0.39 is 0 Å². The fourth-order valence-electron chi connectivity index (χ4n) is 2.09. The van der Waals surface area contributed by atoms with E-state index in [1.165, 1.54) is 0 Å². The first-order chi connectivity index (χ1) is 9.20. The highest BCUT2D eigenvalue weighted by Crippen LogP contribution is 2.17. The average molecular weight is 260 g/mol. The smallest absolute Gasteiger partial charge is 0.134 e. The molecule has 0 spiro atoms. The Labute approximate surface area is 114 Å². The molecule has 0 N–H and O–H groups in total. The van der Waals surface area contributed by atoms with Crippen molar-refractivity contribution in [3.63, 3.8) is 0 Å². The van der Waals surface area contributed by atoms with Crippen LogP contribution in [0.1, 0.15) is 6.42 Å². The van der Waals surface area contributed by atoms with Gasteiger partial charge in [-0.2, -0.15) is 5.26 Å². The Morgan fingerprint density at radius 3 is 2.74 bits per heavy atom. The zero-order chi connectivity index (χ0) is 13.7. The lowest BCUT2D eigenvalue weighted by Gasteiger charge is -2.33. The van der Waals surface area contributed by atoms with Gasteiger partial charge in [-0.15, -0.1) is 0 Å². The number of nitrogens with zero attached hydrogens (tertiary/aromatic N) is 6. The summed E-state index contributed by atoms with van der Waals surface area (Å²) < 4.78 is 0. The van der Waals surface area contributed by atoms with Crippen molar-refractivity contribution in [3.05, 3.63) is 12.4 Å².